The fraction of sp³-hybridized carbons (Fsp3) is 0.286. The summed E-state index contributed by atoms with van der Waals surface area (Å²) in [5, 5.41) is 0. The molecule has 2 aromatic rings. The van der Waals surface area contributed by atoms with Crippen LogP contribution in [0, 0.1) is 0 Å². The molecule has 2 rings (SSSR count). The van der Waals surface area contributed by atoms with Crippen LogP contribution in [0.3, 0.4) is 0 Å². The van der Waals surface area contributed by atoms with E-state index in [1.807, 2.05) is 18.7 Å². The van der Waals surface area contributed by atoms with Gasteiger partial charge in [-0.3, -0.25) is 20.6 Å². The van der Waals surface area contributed by atoms with E-state index in [9.17, 15) is 4.79 Å². The molecule has 4 N–H and O–H groups in total. The van der Waals surface area contributed by atoms with E-state index >= 15 is 0 Å². The summed E-state index contributed by atoms with van der Waals surface area (Å²) >= 11 is 0. The molecule has 22 heavy (non-hydrogen) atoms. The number of hydrazine groups is 1. The van der Waals surface area contributed by atoms with Crippen molar-refractivity contribution in [3.05, 3.63) is 36.4 Å². The number of nitrogens with two attached hydrogens (primary N) is 1. The molecule has 1 amide bonds. The van der Waals surface area contributed by atoms with E-state index in [-0.39, 0.29) is 5.91 Å². The summed E-state index contributed by atoms with van der Waals surface area (Å²) in [4.78, 5) is 26.1. The second-order valence-corrected chi connectivity index (χ2v) is 4.45. The number of carbonyl (C=O) groups excluding carboxylic acids is 1. The minimum Gasteiger partial charge on any atom is -0.393 e. The number of hydrogen-bond acceptors (Lipinski definition) is 7. The highest BCUT2D eigenvalue weighted by Crippen LogP contribution is 2.25. The Bertz CT molecular complexity index is 628. The third-order valence-electron chi connectivity index (χ3n) is 3.16. The van der Waals surface area contributed by atoms with Gasteiger partial charge in [-0.25, -0.2) is 9.97 Å². The molecule has 0 spiro atoms. The Morgan fingerprint density at radius 2 is 1.91 bits per heavy atom. The molecule has 0 unspecified atom stereocenters. The molecular formula is C14H19N7O. The van der Waals surface area contributed by atoms with E-state index < -0.39 is 0 Å². The van der Waals surface area contributed by atoms with Gasteiger partial charge in [-0.15, -0.1) is 0 Å². The molecule has 0 aliphatic rings. The normalized spacial score (nSPS) is 10.1. The molecular weight excluding hydrogens is 282 g/mol. The van der Waals surface area contributed by atoms with Crippen LogP contribution in [0.2, 0.25) is 0 Å². The van der Waals surface area contributed by atoms with Crippen molar-refractivity contribution in [2.45, 2.75) is 13.8 Å². The van der Waals surface area contributed by atoms with Gasteiger partial charge in [0.15, 0.2) is 11.6 Å². The molecule has 0 saturated carbocycles. The molecule has 8 nitrogen and oxygen atoms in total. The minimum absolute atomic E-state index is 0.301. The summed E-state index contributed by atoms with van der Waals surface area (Å²) in [6.45, 7) is 5.59. The van der Waals surface area contributed by atoms with Crippen LogP contribution in [0.25, 0.3) is 0 Å². The first-order valence-corrected chi connectivity index (χ1v) is 6.99. The van der Waals surface area contributed by atoms with Gasteiger partial charge in [-0.1, -0.05) is 0 Å². The number of pyridine rings is 1. The molecule has 0 saturated heterocycles. The third kappa shape index (κ3) is 3.40. The molecule has 0 fully saturated rings. The first-order valence-electron chi connectivity index (χ1n) is 6.99. The zero-order valence-corrected chi connectivity index (χ0v) is 12.6. The molecule has 0 aromatic carbocycles. The molecule has 0 bridgehead atoms. The highest BCUT2D eigenvalue weighted by Gasteiger charge is 2.13. The summed E-state index contributed by atoms with van der Waals surface area (Å²) in [6.07, 6.45) is 4.50. The summed E-state index contributed by atoms with van der Waals surface area (Å²) in [5.41, 5.74) is 12.2. The van der Waals surface area contributed by atoms with Crippen LogP contribution in [-0.4, -0.2) is 33.9 Å². The summed E-state index contributed by atoms with van der Waals surface area (Å²) < 4.78 is 0. The first-order chi connectivity index (χ1) is 10.7. The lowest BCUT2D eigenvalue weighted by atomic mass is 10.3. The summed E-state index contributed by atoms with van der Waals surface area (Å²) in [7, 11) is 0. The highest BCUT2D eigenvalue weighted by atomic mass is 16.2. The Labute approximate surface area is 128 Å². The lowest BCUT2D eigenvalue weighted by molar-refractivity contribution is 0.0962. The fourth-order valence-electron chi connectivity index (χ4n) is 1.95. The zero-order valence-electron chi connectivity index (χ0n) is 12.6. The number of nitrogen functional groups attached to an aromatic ring is 1. The van der Waals surface area contributed by atoms with Crippen molar-refractivity contribution in [2.24, 2.45) is 0 Å². The first kappa shape index (κ1) is 15.5. The number of nitrogens with one attached hydrogen (secondary N) is 2. The topological polar surface area (TPSA) is 109 Å². The quantitative estimate of drug-likeness (QED) is 0.684. The van der Waals surface area contributed by atoms with Crippen LogP contribution in [0.4, 0.5) is 17.3 Å². The van der Waals surface area contributed by atoms with Gasteiger partial charge < -0.3 is 10.6 Å². The third-order valence-corrected chi connectivity index (χ3v) is 3.16. The number of amides is 1. The van der Waals surface area contributed by atoms with Gasteiger partial charge in [-0.2, -0.15) is 0 Å². The Kier molecular flexibility index (Phi) is 5.07. The fourth-order valence-corrected chi connectivity index (χ4v) is 1.95. The van der Waals surface area contributed by atoms with E-state index in [4.69, 9.17) is 5.73 Å². The van der Waals surface area contributed by atoms with Gasteiger partial charge >= 0.3 is 0 Å². The van der Waals surface area contributed by atoms with Gasteiger partial charge in [0.1, 0.15) is 12.0 Å². The molecule has 0 radical (unpaired) electrons. The molecule has 0 aliphatic heterocycles. The van der Waals surface area contributed by atoms with Crippen molar-refractivity contribution in [1.82, 2.24) is 20.4 Å². The van der Waals surface area contributed by atoms with E-state index in [1.54, 1.807) is 24.5 Å². The molecule has 0 atom stereocenters. The van der Waals surface area contributed by atoms with Crippen molar-refractivity contribution in [2.75, 3.05) is 29.1 Å². The Balaban J connectivity index is 2.10. The minimum atomic E-state index is -0.301. The van der Waals surface area contributed by atoms with Crippen molar-refractivity contribution in [3.63, 3.8) is 0 Å². The number of hydrogen-bond donors (Lipinski definition) is 3. The van der Waals surface area contributed by atoms with Crippen LogP contribution in [0.1, 0.15) is 24.2 Å². The number of rotatable bonds is 6. The van der Waals surface area contributed by atoms with Crippen molar-refractivity contribution >= 4 is 23.2 Å². The summed E-state index contributed by atoms with van der Waals surface area (Å²) in [5.74, 6) is 0.699. The lowest BCUT2D eigenvalue weighted by Crippen LogP contribution is -2.31. The van der Waals surface area contributed by atoms with E-state index in [2.05, 4.69) is 25.8 Å². The number of aromatic nitrogens is 3. The van der Waals surface area contributed by atoms with Crippen molar-refractivity contribution in [3.8, 4) is 0 Å². The van der Waals surface area contributed by atoms with E-state index in [0.29, 0.717) is 22.9 Å². The van der Waals surface area contributed by atoms with E-state index in [1.165, 1.54) is 6.33 Å². The Hall–Kier alpha value is -2.90. The van der Waals surface area contributed by atoms with E-state index in [0.717, 1.165) is 13.1 Å². The number of nitrogens with zero attached hydrogens (tertiary/aromatic N) is 4. The van der Waals surface area contributed by atoms with Gasteiger partial charge in [-0.05, 0) is 26.0 Å². The number of carbonyl (C=O) groups is 1. The van der Waals surface area contributed by atoms with Crippen LogP contribution >= 0.6 is 0 Å². The van der Waals surface area contributed by atoms with Crippen LogP contribution in [0.5, 0.6) is 0 Å². The van der Waals surface area contributed by atoms with Gasteiger partial charge in [0.25, 0.3) is 5.91 Å². The predicted molar refractivity (Wildman–Crippen MR) is 85.3 cm³/mol. The average molecular weight is 301 g/mol. The molecule has 8 heteroatoms. The van der Waals surface area contributed by atoms with Crippen molar-refractivity contribution in [1.29, 1.82) is 0 Å². The van der Waals surface area contributed by atoms with Crippen LogP contribution < -0.4 is 21.5 Å². The second kappa shape index (κ2) is 7.21. The smallest absolute Gasteiger partial charge is 0.269 e. The summed E-state index contributed by atoms with van der Waals surface area (Å²) in [6, 6.07) is 3.23. The Morgan fingerprint density at radius 3 is 2.55 bits per heavy atom. The maximum Gasteiger partial charge on any atom is 0.269 e. The second-order valence-electron chi connectivity index (χ2n) is 4.45. The standard InChI is InChI=1S/C14H19N7O/c1-3-21(4-2)13-11(15)12(17-9-18-13)19-20-14(22)10-5-7-16-8-6-10/h5-9H,3-4,15H2,1-2H3,(H,20,22)(H,17,18,19). The number of anilines is 3. The van der Waals surface area contributed by atoms with Crippen LogP contribution in [-0.2, 0) is 0 Å². The maximum absolute atomic E-state index is 12.0. The predicted octanol–water partition coefficient (Wildman–Crippen LogP) is 1.06. The van der Waals surface area contributed by atoms with Crippen LogP contribution in [0.15, 0.2) is 30.9 Å². The molecule has 0 aliphatic carbocycles. The SMILES string of the molecule is CCN(CC)c1ncnc(NNC(=O)c2ccncc2)c1N. The Morgan fingerprint density at radius 1 is 1.23 bits per heavy atom. The highest BCUT2D eigenvalue weighted by molar-refractivity contribution is 5.95. The monoisotopic (exact) mass is 301 g/mol. The van der Waals surface area contributed by atoms with Gasteiger partial charge in [0.2, 0.25) is 0 Å². The largest absolute Gasteiger partial charge is 0.393 e. The molecule has 2 heterocycles. The zero-order chi connectivity index (χ0) is 15.9. The van der Waals surface area contributed by atoms with Gasteiger partial charge in [0, 0.05) is 31.0 Å². The maximum atomic E-state index is 12.0. The van der Waals surface area contributed by atoms with Crippen molar-refractivity contribution < 1.29 is 4.79 Å². The average Bonchev–Trinajstić information content (AvgIpc) is 2.57. The molecule has 116 valence electrons. The lowest BCUT2D eigenvalue weighted by Gasteiger charge is -2.22. The van der Waals surface area contributed by atoms with Gasteiger partial charge in [0.05, 0.1) is 0 Å². The molecule has 2 aromatic heterocycles.